The first-order valence-corrected chi connectivity index (χ1v) is 37.3. The molecule has 13 atom stereocenters. The van der Waals surface area contributed by atoms with Crippen molar-refractivity contribution in [2.24, 2.45) is 17.4 Å². The van der Waals surface area contributed by atoms with Crippen molar-refractivity contribution in [2.45, 2.75) is 216 Å². The molecule has 1 aliphatic rings. The molecule has 3 aromatic rings. The molecule has 2 aromatic carbocycles. The predicted octanol–water partition coefficient (Wildman–Crippen LogP) is -5.23. The van der Waals surface area contributed by atoms with E-state index in [2.05, 4.69) is 65.1 Å². The number of aliphatic hydroxyl groups excluding tert-OH is 1. The molecule has 1 aromatic heterocycles. The number of anilines is 1. The summed E-state index contributed by atoms with van der Waals surface area (Å²) in [5.41, 5.74) is 18.1. The number of primary amides is 1. The fourth-order valence-corrected chi connectivity index (χ4v) is 11.9. The summed E-state index contributed by atoms with van der Waals surface area (Å²) >= 11 is 0. The van der Waals surface area contributed by atoms with E-state index >= 15 is 0 Å². The van der Waals surface area contributed by atoms with E-state index in [-0.39, 0.29) is 49.9 Å². The van der Waals surface area contributed by atoms with Crippen LogP contribution in [-0.2, 0) is 102 Å². The van der Waals surface area contributed by atoms with Crippen LogP contribution in [0.15, 0.2) is 54.7 Å². The molecule has 14 amide bonds. The summed E-state index contributed by atoms with van der Waals surface area (Å²) in [6.07, 6.45) is -1.96. The molecule has 0 spiro atoms. The van der Waals surface area contributed by atoms with Crippen LogP contribution in [0.1, 0.15) is 153 Å². The number of aliphatic carboxylic acids is 4. The SMILES string of the molecule is CCCCCCCCCC(=O)N[C@@H](Cc1c[nH]c2ccccc12)C(=O)N[C@@H](CC(N)=O)C(=O)N[C@@H](CC(=O)O)C(=O)NC1C(=O)NCC(=O)N[C@@H](CCCCN)C(=O)NC(CC(=O)O)C(=O)N[C@H](C)C(=O)N[C@@H](CC(=O)O)C(=O)NCC(=O)N[C@H](CO)C(=O)NC([C@H](C)CC(=O)O)C(=O)N[C@@H](CC(=O)c2ccccc2N)C(=O)OC1C. The number of Topliss-reactive ketones (excluding diaryl/α,β-unsaturated/α-hetero) is 1. The molecule has 116 heavy (non-hydrogen) atoms. The minimum Gasteiger partial charge on any atom is -0.481 e. The second-order valence-electron chi connectivity index (χ2n) is 27.6. The zero-order valence-corrected chi connectivity index (χ0v) is 64.3. The van der Waals surface area contributed by atoms with Gasteiger partial charge in [-0.1, -0.05) is 82.7 Å². The molecule has 1 aliphatic heterocycles. The van der Waals surface area contributed by atoms with E-state index in [1.54, 1.807) is 30.5 Å². The number of carboxylic acid groups (broad SMARTS) is 4. The Balaban J connectivity index is 1.88. The summed E-state index contributed by atoms with van der Waals surface area (Å²) in [4.78, 5) is 277. The normalized spacial score (nSPS) is 21.1. The number of H-pyrrole nitrogens is 1. The number of fused-ring (bicyclic) bond motifs is 1. The molecule has 0 aliphatic carbocycles. The van der Waals surface area contributed by atoms with Gasteiger partial charge in [0.25, 0.3) is 0 Å². The van der Waals surface area contributed by atoms with Gasteiger partial charge in [0, 0.05) is 47.6 Å². The molecule has 43 heteroatoms. The fraction of sp³-hybridized carbons (Fsp3) is 0.534. The van der Waals surface area contributed by atoms with E-state index in [0.29, 0.717) is 29.3 Å². The van der Waals surface area contributed by atoms with E-state index in [1.807, 2.05) is 16.0 Å². The standard InChI is InChI=1S/C73H103N17O26/c1-5-6-7-8-9-10-11-23-54(94)82-45(26-39-32-77-43-21-15-13-18-40(39)43)67(109)85-46(28-53(76)93)68(110)87-49(31-60(103)104)69(111)90-62-38(4)116-73(115)50(27-52(92)41-19-12-14-20-42(41)75)88-72(114)61(36(2)25-57(97)98)89-70(112)51(35-91)83-56(96)33-78-64(106)47(29-58(99)100)84-63(105)37(3)80-66(108)48(30-59(101)102)86-65(107)44(22-16-17-24-74)81-55(95)34-79-71(62)113/h12-15,18-21,32,36-38,44-51,61-62,77,91H,5-11,16-17,22-31,33-35,74-75H2,1-4H3,(H2,76,93)(H,78,106)(H,79,113)(H,80,108)(H,81,95)(H,82,94)(H,83,96)(H,84,105)(H,85,109)(H,86,107)(H,87,110)(H,88,114)(H,89,112)(H,90,111)(H,97,98)(H,99,100)(H,101,102)(H,103,104)/t36-,37-,38?,44+,45+,46+,47+,48?,49+,50+,51-,61?,62?/m1/s1. The van der Waals surface area contributed by atoms with Crippen molar-refractivity contribution in [2.75, 3.05) is 32.0 Å². The summed E-state index contributed by atoms with van der Waals surface area (Å²) in [5.74, 6) is -29.7. The number of ether oxygens (including phenoxy) is 1. The average molecular weight is 1630 g/mol. The van der Waals surface area contributed by atoms with Crippen LogP contribution in [0.25, 0.3) is 10.9 Å². The van der Waals surface area contributed by atoms with Gasteiger partial charge >= 0.3 is 29.8 Å². The van der Waals surface area contributed by atoms with Crippen LogP contribution in [0.4, 0.5) is 5.69 Å². The summed E-state index contributed by atoms with van der Waals surface area (Å²) < 4.78 is 5.69. The molecule has 25 N–H and O–H groups in total. The van der Waals surface area contributed by atoms with Crippen LogP contribution in [0.2, 0.25) is 0 Å². The first-order chi connectivity index (χ1) is 54.9. The van der Waals surface area contributed by atoms with E-state index < -0.39 is 255 Å². The van der Waals surface area contributed by atoms with Crippen LogP contribution in [0.3, 0.4) is 0 Å². The Morgan fingerprint density at radius 1 is 0.543 bits per heavy atom. The zero-order chi connectivity index (χ0) is 86.5. The molecule has 0 radical (unpaired) electrons. The van der Waals surface area contributed by atoms with Gasteiger partial charge in [0.1, 0.15) is 72.6 Å². The number of carboxylic acids is 4. The summed E-state index contributed by atoms with van der Waals surface area (Å²) in [5, 5.41) is 78.9. The number of aromatic amines is 1. The lowest BCUT2D eigenvalue weighted by atomic mass is 9.96. The molecule has 4 rings (SSSR count). The highest BCUT2D eigenvalue weighted by Gasteiger charge is 2.41. The Labute approximate surface area is 663 Å². The Hall–Kier alpha value is -12.7. The second-order valence-corrected chi connectivity index (χ2v) is 27.6. The van der Waals surface area contributed by atoms with Crippen molar-refractivity contribution in [3.05, 3.63) is 65.9 Å². The summed E-state index contributed by atoms with van der Waals surface area (Å²) in [6, 6.07) is -10.5. The van der Waals surface area contributed by atoms with E-state index in [1.165, 1.54) is 24.3 Å². The highest BCUT2D eigenvalue weighted by Crippen LogP contribution is 2.22. The number of nitrogen functional groups attached to an aromatic ring is 1. The number of nitrogens with one attached hydrogen (secondary N) is 14. The first-order valence-electron chi connectivity index (χ1n) is 37.3. The zero-order valence-electron chi connectivity index (χ0n) is 64.3. The average Bonchev–Trinajstić information content (AvgIpc) is 1.69. The number of unbranched alkanes of at least 4 members (excludes halogenated alkanes) is 7. The lowest BCUT2D eigenvalue weighted by Crippen LogP contribution is -2.62. The van der Waals surface area contributed by atoms with Crippen LogP contribution >= 0.6 is 0 Å². The Morgan fingerprint density at radius 3 is 1.69 bits per heavy atom. The maximum Gasteiger partial charge on any atom is 0.329 e. The largest absolute Gasteiger partial charge is 0.481 e. The lowest BCUT2D eigenvalue weighted by Gasteiger charge is -2.30. The molecule has 1 fully saturated rings. The van der Waals surface area contributed by atoms with Crippen LogP contribution in [-0.4, -0.2) is 248 Å². The number of cyclic esters (lactones) is 1. The predicted molar refractivity (Wildman–Crippen MR) is 405 cm³/mol. The molecule has 1 saturated heterocycles. The topological polar surface area (TPSA) is 702 Å². The molecule has 0 saturated carbocycles. The Bertz CT molecular complexity index is 4060. The summed E-state index contributed by atoms with van der Waals surface area (Å²) in [6.45, 7) is 1.32. The number of hydrogen-bond acceptors (Lipinski definition) is 24. The van der Waals surface area contributed by atoms with Gasteiger partial charge in [-0.05, 0) is 75.8 Å². The number of benzene rings is 2. The van der Waals surface area contributed by atoms with Gasteiger partial charge in [-0.25, -0.2) is 4.79 Å². The minimum atomic E-state index is -2.45. The fourth-order valence-electron chi connectivity index (χ4n) is 11.9. The van der Waals surface area contributed by atoms with Crippen LogP contribution < -0.4 is 86.3 Å². The second kappa shape index (κ2) is 48.4. The maximum absolute atomic E-state index is 14.9. The third-order valence-corrected chi connectivity index (χ3v) is 18.1. The maximum atomic E-state index is 14.9. The van der Waals surface area contributed by atoms with Gasteiger partial charge in [-0.15, -0.1) is 0 Å². The van der Waals surface area contributed by atoms with Gasteiger partial charge in [-0.3, -0.25) is 91.1 Å². The monoisotopic (exact) mass is 1630 g/mol. The number of ketones is 1. The highest BCUT2D eigenvalue weighted by molar-refractivity contribution is 6.05. The number of nitrogens with two attached hydrogens (primary N) is 3. The molecular weight excluding hydrogens is 1530 g/mol. The number of esters is 1. The smallest absolute Gasteiger partial charge is 0.329 e. The first kappa shape index (κ1) is 95.7. The van der Waals surface area contributed by atoms with Crippen molar-refractivity contribution in [3.63, 3.8) is 0 Å². The van der Waals surface area contributed by atoms with Crippen molar-refractivity contribution in [1.82, 2.24) is 74.1 Å². The number of aromatic nitrogens is 1. The van der Waals surface area contributed by atoms with Crippen molar-refractivity contribution in [1.29, 1.82) is 0 Å². The minimum absolute atomic E-state index is 0.0127. The molecule has 4 unspecified atom stereocenters. The molecule has 0 bridgehead atoms. The lowest BCUT2D eigenvalue weighted by molar-refractivity contribution is -0.156. The number of carbonyl (C=O) groups is 20. The molecule has 636 valence electrons. The third kappa shape index (κ3) is 32.8. The van der Waals surface area contributed by atoms with Crippen molar-refractivity contribution < 1.29 is 126 Å². The summed E-state index contributed by atoms with van der Waals surface area (Å²) in [7, 11) is 0. The molecule has 2 heterocycles. The number of rotatable bonds is 36. The number of para-hydroxylation sites is 2. The quantitative estimate of drug-likeness (QED) is 0.0112. The molecular formula is C73H103N17O26. The van der Waals surface area contributed by atoms with Crippen LogP contribution in [0.5, 0.6) is 0 Å². The van der Waals surface area contributed by atoms with Gasteiger partial charge < -0.3 is 122 Å². The van der Waals surface area contributed by atoms with Gasteiger partial charge in [0.2, 0.25) is 82.7 Å². The molecule has 43 nitrogen and oxygen atoms in total. The van der Waals surface area contributed by atoms with E-state index in [4.69, 9.17) is 21.9 Å². The number of amides is 14. The van der Waals surface area contributed by atoms with Crippen molar-refractivity contribution in [3.8, 4) is 0 Å². The van der Waals surface area contributed by atoms with Gasteiger partial charge in [-0.2, -0.15) is 0 Å². The van der Waals surface area contributed by atoms with Crippen molar-refractivity contribution >= 4 is 135 Å². The third-order valence-electron chi connectivity index (χ3n) is 18.1. The highest BCUT2D eigenvalue weighted by atomic mass is 16.5. The number of hydrogen-bond donors (Lipinski definition) is 22. The van der Waals surface area contributed by atoms with Crippen LogP contribution in [0, 0.1) is 5.92 Å². The Morgan fingerprint density at radius 2 is 1.09 bits per heavy atom. The van der Waals surface area contributed by atoms with Gasteiger partial charge in [0.15, 0.2) is 5.78 Å². The number of carbonyl (C=O) groups excluding carboxylic acids is 16. The van der Waals surface area contributed by atoms with E-state index in [9.17, 15) is 121 Å². The van der Waals surface area contributed by atoms with Gasteiger partial charge in [0.05, 0.1) is 51.8 Å². The van der Waals surface area contributed by atoms with E-state index in [0.717, 1.165) is 52.9 Å². The number of aliphatic hydroxyl groups is 1. The Kier molecular flexibility index (Phi) is 39.9.